The maximum atomic E-state index is 12.8. The molecule has 22 heavy (non-hydrogen) atoms. The summed E-state index contributed by atoms with van der Waals surface area (Å²) < 4.78 is 69.8. The number of hydrogen-bond acceptors (Lipinski definition) is 4. The lowest BCUT2D eigenvalue weighted by atomic mass is 10.2. The maximum absolute atomic E-state index is 12.8. The predicted octanol–water partition coefficient (Wildman–Crippen LogP) is 1.71. The van der Waals surface area contributed by atoms with E-state index in [-0.39, 0.29) is 26.2 Å². The minimum absolute atomic E-state index is 0.00279. The number of ether oxygens (including phenoxy) is 1. The van der Waals surface area contributed by atoms with E-state index in [1.165, 1.54) is 0 Å². The molecule has 1 aromatic rings. The van der Waals surface area contributed by atoms with Crippen molar-refractivity contribution in [2.75, 3.05) is 26.2 Å². The van der Waals surface area contributed by atoms with Gasteiger partial charge in [-0.1, -0.05) is 11.6 Å². The lowest BCUT2D eigenvalue weighted by molar-refractivity contribution is -0.137. The topological polar surface area (TPSA) is 72.6 Å². The molecule has 0 amide bonds. The Labute approximate surface area is 130 Å². The summed E-state index contributed by atoms with van der Waals surface area (Å²) in [5.74, 6) is 0. The lowest BCUT2D eigenvalue weighted by Gasteiger charge is -2.31. The quantitative estimate of drug-likeness (QED) is 0.892. The Hall–Kier alpha value is -0.870. The highest BCUT2D eigenvalue weighted by Gasteiger charge is 2.36. The first-order chi connectivity index (χ1) is 10.2. The number of sulfonamides is 1. The van der Waals surface area contributed by atoms with Crippen molar-refractivity contribution in [2.45, 2.75) is 17.2 Å². The Balaban J connectivity index is 2.38. The maximum Gasteiger partial charge on any atom is 0.417 e. The van der Waals surface area contributed by atoms with Crippen LogP contribution in [0.3, 0.4) is 0 Å². The van der Waals surface area contributed by atoms with Gasteiger partial charge in [-0.2, -0.15) is 17.5 Å². The molecule has 1 fully saturated rings. The first-order valence-corrected chi connectivity index (χ1v) is 8.16. The third kappa shape index (κ3) is 3.54. The molecule has 2 rings (SSSR count). The molecule has 1 saturated heterocycles. The number of hydrogen-bond donors (Lipinski definition) is 1. The van der Waals surface area contributed by atoms with Crippen molar-refractivity contribution in [3.05, 3.63) is 28.8 Å². The Morgan fingerprint density at radius 1 is 1.41 bits per heavy atom. The molecule has 0 bridgehead atoms. The van der Waals surface area contributed by atoms with Crippen molar-refractivity contribution in [3.8, 4) is 0 Å². The van der Waals surface area contributed by atoms with Gasteiger partial charge in [-0.15, -0.1) is 0 Å². The van der Waals surface area contributed by atoms with Crippen molar-refractivity contribution in [2.24, 2.45) is 5.73 Å². The average Bonchev–Trinajstić information content (AvgIpc) is 2.46. The van der Waals surface area contributed by atoms with E-state index >= 15 is 0 Å². The monoisotopic (exact) mass is 358 g/mol. The van der Waals surface area contributed by atoms with Gasteiger partial charge >= 0.3 is 6.18 Å². The van der Waals surface area contributed by atoms with Gasteiger partial charge in [0.05, 0.1) is 28.2 Å². The van der Waals surface area contributed by atoms with Crippen LogP contribution >= 0.6 is 11.6 Å². The SMILES string of the molecule is NCC1CN(S(=O)(=O)c2ccc(Cl)c(C(F)(F)F)c2)CCO1. The van der Waals surface area contributed by atoms with E-state index in [1.807, 2.05) is 0 Å². The summed E-state index contributed by atoms with van der Waals surface area (Å²) in [4.78, 5) is -0.457. The van der Waals surface area contributed by atoms with E-state index in [4.69, 9.17) is 22.1 Å². The van der Waals surface area contributed by atoms with Gasteiger partial charge < -0.3 is 10.5 Å². The number of rotatable bonds is 3. The van der Waals surface area contributed by atoms with E-state index < -0.39 is 37.8 Å². The van der Waals surface area contributed by atoms with Crippen molar-refractivity contribution >= 4 is 21.6 Å². The van der Waals surface area contributed by atoms with Crippen LogP contribution in [0.15, 0.2) is 23.1 Å². The number of nitrogens with zero attached hydrogens (tertiary/aromatic N) is 1. The zero-order chi connectivity index (χ0) is 16.5. The number of alkyl halides is 3. The highest BCUT2D eigenvalue weighted by atomic mass is 35.5. The van der Waals surface area contributed by atoms with Crippen molar-refractivity contribution in [1.29, 1.82) is 0 Å². The summed E-state index contributed by atoms with van der Waals surface area (Å²) >= 11 is 5.50. The standard InChI is InChI=1S/C12H14ClF3N2O3S/c13-11-2-1-9(5-10(11)12(14,15)16)22(19,20)18-3-4-21-8(6-17)7-18/h1-2,5,8H,3-4,6-7,17H2. The van der Waals surface area contributed by atoms with E-state index in [0.29, 0.717) is 6.07 Å². The van der Waals surface area contributed by atoms with Gasteiger partial charge in [0, 0.05) is 19.6 Å². The molecule has 1 atom stereocenters. The second-order valence-corrected chi connectivity index (χ2v) is 7.08. The van der Waals surface area contributed by atoms with Crippen LogP contribution in [-0.4, -0.2) is 45.1 Å². The number of halogens is 4. The Bertz CT molecular complexity index is 652. The molecule has 0 radical (unpaired) electrons. The fourth-order valence-electron chi connectivity index (χ4n) is 2.08. The molecule has 1 heterocycles. The number of nitrogens with two attached hydrogens (primary N) is 1. The van der Waals surface area contributed by atoms with Crippen LogP contribution < -0.4 is 5.73 Å². The van der Waals surface area contributed by atoms with Crippen LogP contribution in [0.4, 0.5) is 13.2 Å². The second kappa shape index (κ2) is 6.32. The Morgan fingerprint density at radius 2 is 2.09 bits per heavy atom. The van der Waals surface area contributed by atoms with Crippen molar-refractivity contribution in [1.82, 2.24) is 4.31 Å². The van der Waals surface area contributed by atoms with Gasteiger partial charge in [-0.05, 0) is 18.2 Å². The van der Waals surface area contributed by atoms with Crippen molar-refractivity contribution in [3.63, 3.8) is 0 Å². The first kappa shape index (κ1) is 17.5. The summed E-state index contributed by atoms with van der Waals surface area (Å²) in [6.45, 7) is 0.326. The van der Waals surface area contributed by atoms with Gasteiger partial charge in [0.15, 0.2) is 0 Å². The summed E-state index contributed by atoms with van der Waals surface area (Å²) in [5.41, 5.74) is 4.25. The minimum Gasteiger partial charge on any atom is -0.374 e. The Morgan fingerprint density at radius 3 is 2.68 bits per heavy atom. The summed E-state index contributed by atoms with van der Waals surface area (Å²) in [6, 6.07) is 2.53. The normalized spacial score (nSPS) is 21.0. The van der Waals surface area contributed by atoms with Crippen LogP contribution in [-0.2, 0) is 20.9 Å². The zero-order valence-corrected chi connectivity index (χ0v) is 12.9. The smallest absolute Gasteiger partial charge is 0.374 e. The third-order valence-corrected chi connectivity index (χ3v) is 5.44. The molecular formula is C12H14ClF3N2O3S. The predicted molar refractivity (Wildman–Crippen MR) is 74.0 cm³/mol. The molecule has 0 aliphatic carbocycles. The molecule has 10 heteroatoms. The highest BCUT2D eigenvalue weighted by molar-refractivity contribution is 7.89. The van der Waals surface area contributed by atoms with E-state index in [9.17, 15) is 21.6 Å². The van der Waals surface area contributed by atoms with Gasteiger partial charge in [-0.25, -0.2) is 8.42 Å². The Kier molecular flexibility index (Phi) is 5.03. The molecule has 1 aromatic carbocycles. The zero-order valence-electron chi connectivity index (χ0n) is 11.3. The van der Waals surface area contributed by atoms with E-state index in [1.54, 1.807) is 0 Å². The van der Waals surface area contributed by atoms with Crippen LogP contribution in [0.5, 0.6) is 0 Å². The highest BCUT2D eigenvalue weighted by Crippen LogP contribution is 2.36. The molecule has 124 valence electrons. The largest absolute Gasteiger partial charge is 0.417 e. The fourth-order valence-corrected chi connectivity index (χ4v) is 3.79. The number of benzene rings is 1. The second-order valence-electron chi connectivity index (χ2n) is 4.73. The van der Waals surface area contributed by atoms with Crippen LogP contribution in [0.2, 0.25) is 5.02 Å². The van der Waals surface area contributed by atoms with Gasteiger partial charge in [0.2, 0.25) is 10.0 Å². The molecule has 1 aliphatic rings. The molecule has 5 nitrogen and oxygen atoms in total. The van der Waals surface area contributed by atoms with Gasteiger partial charge in [0.1, 0.15) is 0 Å². The average molecular weight is 359 g/mol. The molecule has 0 spiro atoms. The van der Waals surface area contributed by atoms with Crippen molar-refractivity contribution < 1.29 is 26.3 Å². The van der Waals surface area contributed by atoms with E-state index in [0.717, 1.165) is 16.4 Å². The molecule has 1 aliphatic heterocycles. The van der Waals surface area contributed by atoms with Gasteiger partial charge in [0.25, 0.3) is 0 Å². The molecule has 0 aromatic heterocycles. The summed E-state index contributed by atoms with van der Waals surface area (Å²) in [7, 11) is -4.07. The minimum atomic E-state index is -4.73. The molecule has 1 unspecified atom stereocenters. The molecular weight excluding hydrogens is 345 g/mol. The van der Waals surface area contributed by atoms with E-state index in [2.05, 4.69) is 0 Å². The molecule has 0 saturated carbocycles. The van der Waals surface area contributed by atoms with Gasteiger partial charge in [-0.3, -0.25) is 0 Å². The lowest BCUT2D eigenvalue weighted by Crippen LogP contribution is -2.48. The van der Waals surface area contributed by atoms with Crippen LogP contribution in [0.25, 0.3) is 0 Å². The molecule has 2 N–H and O–H groups in total. The van der Waals surface area contributed by atoms with Crippen LogP contribution in [0.1, 0.15) is 5.56 Å². The fraction of sp³-hybridized carbons (Fsp3) is 0.500. The summed E-state index contributed by atoms with van der Waals surface area (Å²) in [5, 5.41) is -0.548. The third-order valence-electron chi connectivity index (χ3n) is 3.25. The van der Waals surface area contributed by atoms with Crippen LogP contribution in [0, 0.1) is 0 Å². The summed E-state index contributed by atoms with van der Waals surface area (Å²) in [6.07, 6.45) is -5.20. The first-order valence-electron chi connectivity index (χ1n) is 6.35. The number of morpholine rings is 1.